The van der Waals surface area contributed by atoms with Gasteiger partial charge in [0.05, 0.1) is 6.04 Å². The molecule has 2 atom stereocenters. The number of thioether (sulfide) groups is 1. The van der Waals surface area contributed by atoms with E-state index in [1.54, 1.807) is 18.7 Å². The van der Waals surface area contributed by atoms with Crippen LogP contribution in [0.2, 0.25) is 0 Å². The molecule has 0 saturated carbocycles. The normalized spacial score (nSPS) is 24.3. The van der Waals surface area contributed by atoms with E-state index in [0.29, 0.717) is 36.8 Å². The third-order valence-corrected chi connectivity index (χ3v) is 5.23. The zero-order valence-electron chi connectivity index (χ0n) is 14.7. The summed E-state index contributed by atoms with van der Waals surface area (Å²) >= 11 is -0.219. The summed E-state index contributed by atoms with van der Waals surface area (Å²) in [6.07, 6.45) is 1.48. The van der Waals surface area contributed by atoms with E-state index in [9.17, 15) is 18.3 Å². The summed E-state index contributed by atoms with van der Waals surface area (Å²) in [5.41, 5.74) is -4.95. The Morgan fingerprint density at radius 2 is 2.19 bits per heavy atom. The first kappa shape index (κ1) is 19.6. The van der Waals surface area contributed by atoms with Crippen LogP contribution in [0.25, 0.3) is 0 Å². The second kappa shape index (κ2) is 7.13. The predicted octanol–water partition coefficient (Wildman–Crippen LogP) is 3.00. The number of fused-ring (bicyclic) bond motifs is 1. The molecule has 2 unspecified atom stereocenters. The molecule has 0 amide bonds. The Morgan fingerprint density at radius 1 is 1.44 bits per heavy atom. The van der Waals surface area contributed by atoms with Crippen molar-refractivity contribution in [2.45, 2.75) is 48.4 Å². The second-order valence-electron chi connectivity index (χ2n) is 6.83. The number of aliphatic hydroxyl groups excluding tert-OH is 1. The van der Waals surface area contributed by atoms with E-state index in [2.05, 4.69) is 10.3 Å². The lowest BCUT2D eigenvalue weighted by atomic mass is 9.85. The van der Waals surface area contributed by atoms with Crippen molar-refractivity contribution in [3.63, 3.8) is 0 Å². The van der Waals surface area contributed by atoms with Crippen LogP contribution in [0.4, 0.5) is 13.2 Å². The smallest absolute Gasteiger partial charge is 0.446 e. The minimum Gasteiger partial charge on any atom is -0.485 e. The summed E-state index contributed by atoms with van der Waals surface area (Å²) in [7, 11) is 0. The Hall–Kier alpha value is -2.12. The molecule has 146 valence electrons. The van der Waals surface area contributed by atoms with Gasteiger partial charge in [-0.15, -0.1) is 0 Å². The molecule has 1 aromatic rings. The van der Waals surface area contributed by atoms with Gasteiger partial charge in [-0.05, 0) is 50.2 Å². The summed E-state index contributed by atoms with van der Waals surface area (Å²) in [5, 5.41) is 22.4. The molecular weight excluding hydrogens is 381 g/mol. The average molecular weight is 400 g/mol. The number of ether oxygens (including phenoxy) is 1. The van der Waals surface area contributed by atoms with Crippen LogP contribution < -0.4 is 10.1 Å². The SMILES string of the molecule is CC1(C)Oc2ccc(SC(F)(F)F)cc2C(N2CCCN=C2NC#N)C1O. The first-order valence-electron chi connectivity index (χ1n) is 8.35. The first-order valence-corrected chi connectivity index (χ1v) is 9.17. The number of alkyl halides is 3. The number of nitriles is 1. The quantitative estimate of drug-likeness (QED) is 0.451. The number of hydrogen-bond acceptors (Lipinski definition) is 7. The molecule has 3 rings (SSSR count). The minimum atomic E-state index is -4.42. The molecule has 2 aliphatic heterocycles. The van der Waals surface area contributed by atoms with Gasteiger partial charge >= 0.3 is 5.51 Å². The fourth-order valence-electron chi connectivity index (χ4n) is 3.34. The van der Waals surface area contributed by atoms with Crippen LogP contribution in [0.15, 0.2) is 28.1 Å². The van der Waals surface area contributed by atoms with Gasteiger partial charge in [0, 0.05) is 23.5 Å². The Morgan fingerprint density at radius 3 is 2.85 bits per heavy atom. The van der Waals surface area contributed by atoms with E-state index in [4.69, 9.17) is 10.00 Å². The highest BCUT2D eigenvalue weighted by molar-refractivity contribution is 8.00. The van der Waals surface area contributed by atoms with Crippen molar-refractivity contribution in [2.24, 2.45) is 4.99 Å². The number of guanidine groups is 1. The van der Waals surface area contributed by atoms with E-state index < -0.39 is 23.3 Å². The molecule has 6 nitrogen and oxygen atoms in total. The van der Waals surface area contributed by atoms with Crippen molar-refractivity contribution < 1.29 is 23.0 Å². The summed E-state index contributed by atoms with van der Waals surface area (Å²) in [6.45, 7) is 4.45. The highest BCUT2D eigenvalue weighted by Gasteiger charge is 2.47. The summed E-state index contributed by atoms with van der Waals surface area (Å²) in [6, 6.07) is 3.52. The maximum atomic E-state index is 12.8. The number of benzene rings is 1. The van der Waals surface area contributed by atoms with Crippen molar-refractivity contribution >= 4 is 17.7 Å². The molecule has 2 N–H and O–H groups in total. The molecule has 0 radical (unpaired) electrons. The van der Waals surface area contributed by atoms with Crippen LogP contribution in [0.1, 0.15) is 31.9 Å². The number of nitrogens with zero attached hydrogens (tertiary/aromatic N) is 3. The van der Waals surface area contributed by atoms with Crippen LogP contribution >= 0.6 is 11.8 Å². The summed E-state index contributed by atoms with van der Waals surface area (Å²) in [5.74, 6) is 0.703. The first-order chi connectivity index (χ1) is 12.6. The van der Waals surface area contributed by atoms with Crippen molar-refractivity contribution in [3.05, 3.63) is 23.8 Å². The zero-order chi connectivity index (χ0) is 19.8. The molecule has 0 aromatic heterocycles. The lowest BCUT2D eigenvalue weighted by Gasteiger charge is -2.47. The Balaban J connectivity index is 2.07. The van der Waals surface area contributed by atoms with E-state index in [-0.39, 0.29) is 16.7 Å². The number of hydrogen-bond donors (Lipinski definition) is 2. The largest absolute Gasteiger partial charge is 0.485 e. The highest BCUT2D eigenvalue weighted by Crippen LogP contribution is 2.46. The molecule has 0 bridgehead atoms. The molecule has 0 fully saturated rings. The monoisotopic (exact) mass is 400 g/mol. The van der Waals surface area contributed by atoms with Gasteiger partial charge in [-0.25, -0.2) is 0 Å². The van der Waals surface area contributed by atoms with Gasteiger partial charge in [0.25, 0.3) is 0 Å². The topological polar surface area (TPSA) is 80.9 Å². The summed E-state index contributed by atoms with van der Waals surface area (Å²) in [4.78, 5) is 6.01. The number of rotatable bonds is 2. The van der Waals surface area contributed by atoms with Crippen molar-refractivity contribution in [2.75, 3.05) is 13.1 Å². The lowest BCUT2D eigenvalue weighted by molar-refractivity contribution is -0.0826. The standard InChI is InChI=1S/C17H19F3N4O2S/c1-16(2)14(25)13(24-7-3-6-22-15(24)23-9-21)11-8-10(27-17(18,19)20)4-5-12(11)26-16/h4-5,8,13-14,25H,3,6-7H2,1-2H3,(H,22,23). The third kappa shape index (κ3) is 4.09. The molecular formula is C17H19F3N4O2S. The fraction of sp³-hybridized carbons (Fsp3) is 0.529. The number of halogens is 3. The second-order valence-corrected chi connectivity index (χ2v) is 7.97. The Kier molecular flexibility index (Phi) is 5.18. The van der Waals surface area contributed by atoms with Gasteiger partial charge in [-0.3, -0.25) is 10.3 Å². The van der Waals surface area contributed by atoms with Crippen LogP contribution in [0.3, 0.4) is 0 Å². The number of nitrogens with one attached hydrogen (secondary N) is 1. The molecule has 2 heterocycles. The molecule has 27 heavy (non-hydrogen) atoms. The van der Waals surface area contributed by atoms with E-state index in [1.165, 1.54) is 18.2 Å². The average Bonchev–Trinajstić information content (AvgIpc) is 2.56. The van der Waals surface area contributed by atoms with Crippen molar-refractivity contribution in [1.29, 1.82) is 5.26 Å². The lowest BCUT2D eigenvalue weighted by Crippen LogP contribution is -2.57. The summed E-state index contributed by atoms with van der Waals surface area (Å²) < 4.78 is 44.2. The maximum absolute atomic E-state index is 12.8. The van der Waals surface area contributed by atoms with Crippen molar-refractivity contribution in [1.82, 2.24) is 10.2 Å². The molecule has 10 heteroatoms. The molecule has 2 aliphatic rings. The molecule has 0 spiro atoms. The highest BCUT2D eigenvalue weighted by atomic mass is 32.2. The van der Waals surface area contributed by atoms with Gasteiger partial charge in [0.2, 0.25) is 5.96 Å². The van der Waals surface area contributed by atoms with E-state index in [1.807, 2.05) is 6.19 Å². The van der Waals surface area contributed by atoms with Crippen LogP contribution in [-0.4, -0.2) is 46.3 Å². The Bertz CT molecular complexity index is 791. The number of aliphatic hydroxyl groups is 1. The van der Waals surface area contributed by atoms with Crippen LogP contribution in [0.5, 0.6) is 5.75 Å². The number of aliphatic imine (C=N–C) groups is 1. The van der Waals surface area contributed by atoms with Crippen LogP contribution in [0, 0.1) is 11.5 Å². The van der Waals surface area contributed by atoms with Gasteiger partial charge < -0.3 is 14.7 Å². The molecule has 0 saturated heterocycles. The van der Waals surface area contributed by atoms with Gasteiger partial charge in [-0.2, -0.15) is 18.4 Å². The third-order valence-electron chi connectivity index (χ3n) is 4.51. The van der Waals surface area contributed by atoms with Crippen molar-refractivity contribution in [3.8, 4) is 11.9 Å². The molecule has 1 aromatic carbocycles. The van der Waals surface area contributed by atoms with E-state index >= 15 is 0 Å². The van der Waals surface area contributed by atoms with Gasteiger partial charge in [0.1, 0.15) is 17.5 Å². The predicted molar refractivity (Wildman–Crippen MR) is 94.2 cm³/mol. The van der Waals surface area contributed by atoms with Gasteiger partial charge in [-0.1, -0.05) is 0 Å². The molecule has 0 aliphatic carbocycles. The zero-order valence-corrected chi connectivity index (χ0v) is 15.6. The van der Waals surface area contributed by atoms with Gasteiger partial charge in [0.15, 0.2) is 6.19 Å². The minimum absolute atomic E-state index is 0.00509. The Labute approximate surface area is 159 Å². The maximum Gasteiger partial charge on any atom is 0.446 e. The van der Waals surface area contributed by atoms with E-state index in [0.717, 1.165) is 0 Å². The van der Waals surface area contributed by atoms with Crippen LogP contribution in [-0.2, 0) is 0 Å². The fourth-order valence-corrected chi connectivity index (χ4v) is 3.92.